The third-order valence-electron chi connectivity index (χ3n) is 4.64. The molecule has 9 nitrogen and oxygen atoms in total. The van der Waals surface area contributed by atoms with Gasteiger partial charge in [-0.2, -0.15) is 5.10 Å². The molecule has 9 heteroatoms. The van der Waals surface area contributed by atoms with Crippen LogP contribution in [0.15, 0.2) is 76.2 Å². The number of para-hydroxylation sites is 2. The largest absolute Gasteiger partial charge is 0.490 e. The summed E-state index contributed by atoms with van der Waals surface area (Å²) >= 11 is 0. The van der Waals surface area contributed by atoms with Gasteiger partial charge in [0.05, 0.1) is 35.2 Å². The Hall–Kier alpha value is -4.53. The minimum atomic E-state index is -0.651. The van der Waals surface area contributed by atoms with Gasteiger partial charge in [0.15, 0.2) is 5.76 Å². The maximum Gasteiger partial charge on any atom is 0.433 e. The van der Waals surface area contributed by atoms with E-state index in [0.717, 1.165) is 5.56 Å². The van der Waals surface area contributed by atoms with Crippen molar-refractivity contribution in [1.29, 1.82) is 0 Å². The fourth-order valence-corrected chi connectivity index (χ4v) is 3.26. The number of hydrazone groups is 1. The van der Waals surface area contributed by atoms with Crippen molar-refractivity contribution >= 4 is 28.9 Å². The second-order valence-electron chi connectivity index (χ2n) is 7.37. The van der Waals surface area contributed by atoms with Gasteiger partial charge in [-0.3, -0.25) is 14.9 Å². The molecule has 0 aliphatic carbocycles. The standard InChI is InChI=1S/C24H20N4O5/c1-15(2)32-22-10-6-4-8-18(22)21-13-19(17-7-3-5-9-20(17)26-21)24(29)27-25-14-16-11-12-23(33-16)28(30)31/h3-15H,1-2H3,(H,27,29)/b25-14+. The molecule has 0 radical (unpaired) electrons. The van der Waals surface area contributed by atoms with Crippen LogP contribution in [-0.2, 0) is 0 Å². The fraction of sp³-hybridized carbons (Fsp3) is 0.125. The Morgan fingerprint density at radius 1 is 1.15 bits per heavy atom. The van der Waals surface area contributed by atoms with E-state index < -0.39 is 16.7 Å². The number of hydrogen-bond donors (Lipinski definition) is 1. The van der Waals surface area contributed by atoms with Gasteiger partial charge in [0.1, 0.15) is 10.7 Å². The van der Waals surface area contributed by atoms with Crippen LogP contribution < -0.4 is 10.2 Å². The monoisotopic (exact) mass is 444 g/mol. The first kappa shape index (κ1) is 21.7. The number of pyridine rings is 1. The van der Waals surface area contributed by atoms with Crippen molar-refractivity contribution in [1.82, 2.24) is 10.4 Å². The van der Waals surface area contributed by atoms with Gasteiger partial charge in [-0.1, -0.05) is 30.3 Å². The minimum absolute atomic E-state index is 0.0267. The van der Waals surface area contributed by atoms with E-state index in [4.69, 9.17) is 14.1 Å². The summed E-state index contributed by atoms with van der Waals surface area (Å²) in [5, 5.41) is 15.2. The first-order valence-electron chi connectivity index (χ1n) is 10.2. The number of ether oxygens (including phenoxy) is 1. The van der Waals surface area contributed by atoms with Crippen molar-refractivity contribution < 1.29 is 18.9 Å². The second-order valence-corrected chi connectivity index (χ2v) is 7.37. The quantitative estimate of drug-likeness (QED) is 0.245. The van der Waals surface area contributed by atoms with Gasteiger partial charge in [0, 0.05) is 10.9 Å². The van der Waals surface area contributed by atoms with Gasteiger partial charge in [-0.25, -0.2) is 10.4 Å². The Balaban J connectivity index is 1.68. The molecule has 166 valence electrons. The normalized spacial score (nSPS) is 11.2. The first-order valence-corrected chi connectivity index (χ1v) is 10.2. The average molecular weight is 444 g/mol. The zero-order valence-corrected chi connectivity index (χ0v) is 17.9. The Morgan fingerprint density at radius 3 is 2.67 bits per heavy atom. The first-order chi connectivity index (χ1) is 15.9. The van der Waals surface area contributed by atoms with Gasteiger partial charge >= 0.3 is 5.88 Å². The molecule has 4 rings (SSSR count). The van der Waals surface area contributed by atoms with Crippen LogP contribution in [0.3, 0.4) is 0 Å². The highest BCUT2D eigenvalue weighted by molar-refractivity contribution is 6.07. The van der Waals surface area contributed by atoms with Crippen molar-refractivity contribution in [3.63, 3.8) is 0 Å². The second kappa shape index (κ2) is 9.31. The molecule has 0 unspecified atom stereocenters. The summed E-state index contributed by atoms with van der Waals surface area (Å²) in [5.41, 5.74) is 4.81. The molecular weight excluding hydrogens is 424 g/mol. The van der Waals surface area contributed by atoms with Gasteiger partial charge in [0.2, 0.25) is 0 Å². The molecule has 2 aromatic carbocycles. The lowest BCUT2D eigenvalue weighted by Crippen LogP contribution is -2.18. The molecular formula is C24H20N4O5. The predicted octanol–water partition coefficient (Wildman–Crippen LogP) is 4.95. The molecule has 33 heavy (non-hydrogen) atoms. The van der Waals surface area contributed by atoms with Gasteiger partial charge in [-0.05, 0) is 44.2 Å². The third kappa shape index (κ3) is 4.87. The van der Waals surface area contributed by atoms with E-state index in [1.165, 1.54) is 18.3 Å². The summed E-state index contributed by atoms with van der Waals surface area (Å²) < 4.78 is 10.9. The minimum Gasteiger partial charge on any atom is -0.490 e. The van der Waals surface area contributed by atoms with Gasteiger partial charge in [0.25, 0.3) is 5.91 Å². The Labute approximate surface area is 188 Å². The number of aromatic nitrogens is 1. The maximum absolute atomic E-state index is 13.0. The van der Waals surface area contributed by atoms with Crippen LogP contribution in [0.2, 0.25) is 0 Å². The van der Waals surface area contributed by atoms with E-state index >= 15 is 0 Å². The zero-order chi connectivity index (χ0) is 23.4. The van der Waals surface area contributed by atoms with E-state index in [1.54, 1.807) is 12.1 Å². The summed E-state index contributed by atoms with van der Waals surface area (Å²) in [6, 6.07) is 19.1. The SMILES string of the molecule is CC(C)Oc1ccccc1-c1cc(C(=O)N/N=C/c2ccc([N+](=O)[O-])o2)c2ccccc2n1. The smallest absolute Gasteiger partial charge is 0.433 e. The molecule has 4 aromatic rings. The lowest BCUT2D eigenvalue weighted by molar-refractivity contribution is -0.402. The number of hydrogen-bond acceptors (Lipinski definition) is 7. The molecule has 0 spiro atoms. The molecule has 1 amide bonds. The number of nitro groups is 1. The molecule has 2 heterocycles. The summed E-state index contributed by atoms with van der Waals surface area (Å²) in [6.45, 7) is 3.88. The number of nitrogens with zero attached hydrogens (tertiary/aromatic N) is 3. The van der Waals surface area contributed by atoms with E-state index in [2.05, 4.69) is 10.5 Å². The molecule has 2 aromatic heterocycles. The lowest BCUT2D eigenvalue weighted by Gasteiger charge is -2.15. The van der Waals surface area contributed by atoms with Crippen molar-refractivity contribution in [2.45, 2.75) is 20.0 Å². The van der Waals surface area contributed by atoms with Crippen LogP contribution in [0.25, 0.3) is 22.2 Å². The van der Waals surface area contributed by atoms with Crippen molar-refractivity contribution in [2.24, 2.45) is 5.10 Å². The van der Waals surface area contributed by atoms with Crippen LogP contribution in [0.4, 0.5) is 5.88 Å². The molecule has 0 aliphatic rings. The molecule has 0 fully saturated rings. The average Bonchev–Trinajstić information content (AvgIpc) is 3.27. The highest BCUT2D eigenvalue weighted by Gasteiger charge is 2.16. The molecule has 0 saturated heterocycles. The number of benzene rings is 2. The summed E-state index contributed by atoms with van der Waals surface area (Å²) in [7, 11) is 0. The third-order valence-corrected chi connectivity index (χ3v) is 4.64. The van der Waals surface area contributed by atoms with E-state index in [-0.39, 0.29) is 11.9 Å². The number of nitrogens with one attached hydrogen (secondary N) is 1. The summed E-state index contributed by atoms with van der Waals surface area (Å²) in [4.78, 5) is 27.8. The van der Waals surface area contributed by atoms with E-state index in [1.807, 2.05) is 56.3 Å². The van der Waals surface area contributed by atoms with Gasteiger partial charge < -0.3 is 9.15 Å². The van der Waals surface area contributed by atoms with Crippen LogP contribution in [0.1, 0.15) is 30.0 Å². The zero-order valence-electron chi connectivity index (χ0n) is 17.9. The van der Waals surface area contributed by atoms with Gasteiger partial charge in [-0.15, -0.1) is 0 Å². The maximum atomic E-state index is 13.0. The van der Waals surface area contributed by atoms with Crippen molar-refractivity contribution in [3.05, 3.63) is 88.2 Å². The molecule has 0 aliphatic heterocycles. The molecule has 0 atom stereocenters. The molecule has 0 bridgehead atoms. The Bertz CT molecular complexity index is 1360. The number of rotatable bonds is 7. The van der Waals surface area contributed by atoms with E-state index in [0.29, 0.717) is 27.9 Å². The lowest BCUT2D eigenvalue weighted by atomic mass is 10.0. The predicted molar refractivity (Wildman–Crippen MR) is 123 cm³/mol. The van der Waals surface area contributed by atoms with Crippen molar-refractivity contribution in [3.8, 4) is 17.0 Å². The number of furan rings is 1. The number of carbonyl (C=O) groups is 1. The van der Waals surface area contributed by atoms with Crippen LogP contribution in [0.5, 0.6) is 5.75 Å². The van der Waals surface area contributed by atoms with E-state index in [9.17, 15) is 14.9 Å². The Kier molecular flexibility index (Phi) is 6.12. The molecule has 0 saturated carbocycles. The topological polar surface area (TPSA) is 120 Å². The molecule has 1 N–H and O–H groups in total. The Morgan fingerprint density at radius 2 is 1.91 bits per heavy atom. The van der Waals surface area contributed by atoms with Crippen LogP contribution >= 0.6 is 0 Å². The number of carbonyl (C=O) groups excluding carboxylic acids is 1. The highest BCUT2D eigenvalue weighted by atomic mass is 16.6. The summed E-state index contributed by atoms with van der Waals surface area (Å²) in [6.07, 6.45) is 1.17. The highest BCUT2D eigenvalue weighted by Crippen LogP contribution is 2.32. The van der Waals surface area contributed by atoms with Crippen LogP contribution in [-0.4, -0.2) is 28.1 Å². The summed E-state index contributed by atoms with van der Waals surface area (Å²) in [5.74, 6) is -0.0645. The van der Waals surface area contributed by atoms with Crippen molar-refractivity contribution in [2.75, 3.05) is 0 Å². The number of amides is 1. The fourth-order valence-electron chi connectivity index (χ4n) is 3.26. The van der Waals surface area contributed by atoms with Crippen LogP contribution in [0, 0.1) is 10.1 Å². The number of fused-ring (bicyclic) bond motifs is 1.